The van der Waals surface area contributed by atoms with Crippen LogP contribution in [0.5, 0.6) is 0 Å². The van der Waals surface area contributed by atoms with Gasteiger partial charge in [-0.2, -0.15) is 13.2 Å². The molecule has 0 aliphatic carbocycles. The van der Waals surface area contributed by atoms with E-state index in [4.69, 9.17) is 0 Å². The number of rotatable bonds is 7. The predicted molar refractivity (Wildman–Crippen MR) is 148 cm³/mol. The number of nitrogens with one attached hydrogen (secondary N) is 3. The van der Waals surface area contributed by atoms with Gasteiger partial charge in [0.05, 0.1) is 29.7 Å². The number of anilines is 4. The van der Waals surface area contributed by atoms with Gasteiger partial charge in [0.15, 0.2) is 0 Å². The first kappa shape index (κ1) is 31.2. The SMILES string of the molecule is CC1(C)C(=O)N(c2ccc(F)c(C(F)(F)F)c2)C(=O)N1Cc1ccc(F)cc1NC(=O)Nc1ccc(NS(C)(=O)=O)cc1. The van der Waals surface area contributed by atoms with Crippen molar-refractivity contribution in [2.45, 2.75) is 32.1 Å². The van der Waals surface area contributed by atoms with Crippen LogP contribution in [0.25, 0.3) is 0 Å². The van der Waals surface area contributed by atoms with E-state index >= 15 is 0 Å². The Balaban J connectivity index is 1.56. The molecule has 3 N–H and O–H groups in total. The number of nitrogens with zero attached hydrogens (tertiary/aromatic N) is 2. The fourth-order valence-corrected chi connectivity index (χ4v) is 4.86. The monoisotopic (exact) mass is 625 g/mol. The highest BCUT2D eigenvalue weighted by Crippen LogP contribution is 2.38. The molecule has 43 heavy (non-hydrogen) atoms. The summed E-state index contributed by atoms with van der Waals surface area (Å²) in [4.78, 5) is 40.8. The van der Waals surface area contributed by atoms with Crippen LogP contribution in [0.1, 0.15) is 25.0 Å². The van der Waals surface area contributed by atoms with E-state index in [1.54, 1.807) is 0 Å². The van der Waals surface area contributed by atoms with Crippen LogP contribution in [0.4, 0.5) is 54.3 Å². The van der Waals surface area contributed by atoms with Gasteiger partial charge < -0.3 is 15.5 Å². The Kier molecular flexibility index (Phi) is 8.10. The van der Waals surface area contributed by atoms with Gasteiger partial charge in [0, 0.05) is 11.4 Å². The normalized spacial score (nSPS) is 15.1. The van der Waals surface area contributed by atoms with Gasteiger partial charge in [-0.15, -0.1) is 0 Å². The van der Waals surface area contributed by atoms with E-state index in [0.29, 0.717) is 17.0 Å². The molecule has 4 rings (SSSR count). The third-order valence-electron chi connectivity index (χ3n) is 6.43. The maximum atomic E-state index is 14.2. The summed E-state index contributed by atoms with van der Waals surface area (Å²) < 4.78 is 92.9. The van der Waals surface area contributed by atoms with E-state index in [0.717, 1.165) is 29.4 Å². The number of hydrogen-bond donors (Lipinski definition) is 3. The number of carbonyl (C=O) groups excluding carboxylic acids is 3. The Morgan fingerprint density at radius 3 is 2.14 bits per heavy atom. The Bertz CT molecular complexity index is 1710. The number of hydrogen-bond acceptors (Lipinski definition) is 5. The molecule has 0 aromatic heterocycles. The van der Waals surface area contributed by atoms with E-state index in [1.165, 1.54) is 44.2 Å². The molecule has 1 aliphatic rings. The molecule has 0 radical (unpaired) electrons. The molecule has 3 aromatic carbocycles. The lowest BCUT2D eigenvalue weighted by atomic mass is 10.0. The molecule has 5 amide bonds. The first-order chi connectivity index (χ1) is 19.9. The van der Waals surface area contributed by atoms with E-state index in [2.05, 4.69) is 15.4 Å². The van der Waals surface area contributed by atoms with Crippen LogP contribution in [0, 0.1) is 11.6 Å². The highest BCUT2D eigenvalue weighted by Gasteiger charge is 2.52. The lowest BCUT2D eigenvalue weighted by Gasteiger charge is -2.28. The topological polar surface area (TPSA) is 128 Å². The van der Waals surface area contributed by atoms with Crippen LogP contribution < -0.4 is 20.3 Å². The van der Waals surface area contributed by atoms with Gasteiger partial charge >= 0.3 is 18.2 Å². The Morgan fingerprint density at radius 2 is 1.53 bits per heavy atom. The van der Waals surface area contributed by atoms with Crippen molar-refractivity contribution in [3.8, 4) is 0 Å². The minimum absolute atomic E-state index is 0.0801. The number of amides is 5. The summed E-state index contributed by atoms with van der Waals surface area (Å²) in [5, 5.41) is 4.94. The van der Waals surface area contributed by atoms with Crippen LogP contribution in [-0.4, -0.2) is 43.1 Å². The quantitative estimate of drug-likeness (QED) is 0.228. The first-order valence-electron chi connectivity index (χ1n) is 12.3. The Morgan fingerprint density at radius 1 is 0.907 bits per heavy atom. The second-order valence-electron chi connectivity index (χ2n) is 10.1. The van der Waals surface area contributed by atoms with E-state index in [1.807, 2.05) is 0 Å². The zero-order valence-electron chi connectivity index (χ0n) is 22.7. The van der Waals surface area contributed by atoms with Crippen LogP contribution in [-0.2, 0) is 27.5 Å². The largest absolute Gasteiger partial charge is 0.419 e. The molecule has 3 aromatic rings. The molecule has 16 heteroatoms. The summed E-state index contributed by atoms with van der Waals surface area (Å²) in [7, 11) is -3.51. The molecule has 0 spiro atoms. The lowest BCUT2D eigenvalue weighted by molar-refractivity contribution is -0.140. The van der Waals surface area contributed by atoms with Crippen LogP contribution in [0.3, 0.4) is 0 Å². The minimum atomic E-state index is -5.08. The summed E-state index contributed by atoms with van der Waals surface area (Å²) in [6.45, 7) is 2.34. The summed E-state index contributed by atoms with van der Waals surface area (Å²) in [6, 6.07) is 8.78. The molecule has 0 atom stereocenters. The van der Waals surface area contributed by atoms with Gasteiger partial charge in [-0.1, -0.05) is 6.07 Å². The van der Waals surface area contributed by atoms with Gasteiger partial charge in [-0.3, -0.25) is 9.52 Å². The fraction of sp³-hybridized carbons (Fsp3) is 0.222. The van der Waals surface area contributed by atoms with E-state index in [9.17, 15) is 44.8 Å². The Labute approximate surface area is 242 Å². The maximum Gasteiger partial charge on any atom is 0.419 e. The van der Waals surface area contributed by atoms with Crippen LogP contribution in [0.15, 0.2) is 60.7 Å². The second kappa shape index (κ2) is 11.2. The average Bonchev–Trinajstić information content (AvgIpc) is 3.04. The zero-order chi connectivity index (χ0) is 31.9. The lowest BCUT2D eigenvalue weighted by Crippen LogP contribution is -2.43. The molecular formula is C27H24F5N5O5S. The van der Waals surface area contributed by atoms with Crippen LogP contribution in [0.2, 0.25) is 0 Å². The van der Waals surface area contributed by atoms with Crippen molar-refractivity contribution in [1.82, 2.24) is 4.90 Å². The first-order valence-corrected chi connectivity index (χ1v) is 14.2. The number of urea groups is 2. The maximum absolute atomic E-state index is 14.2. The number of benzene rings is 3. The molecule has 0 unspecified atom stereocenters. The highest BCUT2D eigenvalue weighted by atomic mass is 32.2. The van der Waals surface area contributed by atoms with Crippen molar-refractivity contribution in [3.63, 3.8) is 0 Å². The third-order valence-corrected chi connectivity index (χ3v) is 7.04. The molecule has 0 saturated carbocycles. The van der Waals surface area contributed by atoms with Crippen molar-refractivity contribution in [2.24, 2.45) is 0 Å². The minimum Gasteiger partial charge on any atom is -0.308 e. The zero-order valence-corrected chi connectivity index (χ0v) is 23.5. The van der Waals surface area contributed by atoms with Crippen molar-refractivity contribution in [3.05, 3.63) is 83.4 Å². The third kappa shape index (κ3) is 6.85. The standard InChI is InChI=1S/C27H24F5N5O5S/c1-26(2)23(38)37(19-10-11-21(29)20(13-19)27(30,31)32)25(40)36(26)14-15-4-5-16(28)12-22(15)34-24(39)33-17-6-8-18(9-7-17)35-43(3,41)42/h4-13,35H,14H2,1-3H3,(H2,33,34,39). The molecule has 1 aliphatic heterocycles. The molecule has 1 saturated heterocycles. The van der Waals surface area contributed by atoms with Gasteiger partial charge in [0.2, 0.25) is 10.0 Å². The molecule has 10 nitrogen and oxygen atoms in total. The second-order valence-corrected chi connectivity index (χ2v) is 11.8. The van der Waals surface area contributed by atoms with E-state index < -0.39 is 62.6 Å². The summed E-state index contributed by atoms with van der Waals surface area (Å²) in [6.07, 6.45) is -4.11. The van der Waals surface area contributed by atoms with Crippen molar-refractivity contribution in [1.29, 1.82) is 0 Å². The number of sulfonamides is 1. The Hall–Kier alpha value is -4.73. The summed E-state index contributed by atoms with van der Waals surface area (Å²) in [5.41, 5.74) is -3.15. The molecule has 0 bridgehead atoms. The fourth-order valence-electron chi connectivity index (χ4n) is 4.29. The smallest absolute Gasteiger partial charge is 0.308 e. The van der Waals surface area contributed by atoms with Crippen molar-refractivity contribution < 1.29 is 44.8 Å². The summed E-state index contributed by atoms with van der Waals surface area (Å²) in [5.74, 6) is -3.21. The molecule has 1 fully saturated rings. The number of alkyl halides is 3. The molecule has 228 valence electrons. The number of halogens is 5. The number of carbonyl (C=O) groups is 3. The molecular weight excluding hydrogens is 601 g/mol. The van der Waals surface area contributed by atoms with Gasteiger partial charge in [-0.25, -0.2) is 31.7 Å². The molecule has 1 heterocycles. The number of imide groups is 1. The highest BCUT2D eigenvalue weighted by molar-refractivity contribution is 7.92. The summed E-state index contributed by atoms with van der Waals surface area (Å²) >= 11 is 0. The van der Waals surface area contributed by atoms with Gasteiger partial charge in [0.1, 0.15) is 17.2 Å². The van der Waals surface area contributed by atoms with Crippen molar-refractivity contribution in [2.75, 3.05) is 26.5 Å². The van der Waals surface area contributed by atoms with Gasteiger partial charge in [0.25, 0.3) is 5.91 Å². The van der Waals surface area contributed by atoms with Crippen LogP contribution >= 0.6 is 0 Å². The average molecular weight is 626 g/mol. The van der Waals surface area contributed by atoms with Crippen molar-refractivity contribution >= 4 is 50.7 Å². The predicted octanol–water partition coefficient (Wildman–Crippen LogP) is 5.75. The van der Waals surface area contributed by atoms with Gasteiger partial charge in [-0.05, 0) is 74.0 Å². The van der Waals surface area contributed by atoms with E-state index in [-0.39, 0.29) is 29.2 Å².